The highest BCUT2D eigenvalue weighted by atomic mass is 32.2. The molecule has 5 aromatic carbocycles. The number of aromatic nitrogens is 4. The van der Waals surface area contributed by atoms with Crippen molar-refractivity contribution in [1.82, 2.24) is 20.2 Å². The molecule has 0 spiro atoms. The highest BCUT2D eigenvalue weighted by molar-refractivity contribution is 8.27. The van der Waals surface area contributed by atoms with Crippen molar-refractivity contribution in [2.24, 2.45) is 0 Å². The molecule has 0 atom stereocenters. The molecule has 0 aliphatic rings. The molecule has 0 fully saturated rings. The Morgan fingerprint density at radius 2 is 1.12 bits per heavy atom. The van der Waals surface area contributed by atoms with E-state index in [9.17, 15) is 0 Å². The molecule has 8 heteroatoms. The molecule has 8 aromatic rings. The summed E-state index contributed by atoms with van der Waals surface area (Å²) < 4.78 is 0. The van der Waals surface area contributed by atoms with Gasteiger partial charge in [-0.05, 0) is 51.9 Å². The SMILES string of the molecule is N=C(SC(=[NH2+])c1cccc(-c2cccc3ccccc23)n1)c1cccc(-c2nnc(-c3cccc(-c4cccc5ccccc45)n3)s2)c1. The number of hydrogen-bond donors (Lipinski definition) is 2. The smallest absolute Gasteiger partial charge is 0.263 e. The van der Waals surface area contributed by atoms with Crippen LogP contribution in [0, 0.1) is 5.41 Å². The van der Waals surface area contributed by atoms with Crippen molar-refractivity contribution in [2.75, 3.05) is 0 Å². The van der Waals surface area contributed by atoms with Gasteiger partial charge in [-0.2, -0.15) is 0 Å². The van der Waals surface area contributed by atoms with E-state index >= 15 is 0 Å². The van der Waals surface area contributed by atoms with Gasteiger partial charge in [0.15, 0.2) is 5.01 Å². The van der Waals surface area contributed by atoms with Crippen molar-refractivity contribution in [3.63, 3.8) is 0 Å². The minimum absolute atomic E-state index is 0.320. The van der Waals surface area contributed by atoms with Gasteiger partial charge in [-0.1, -0.05) is 127 Å². The Labute approximate surface area is 285 Å². The first-order valence-electron chi connectivity index (χ1n) is 15.3. The molecule has 8 rings (SSSR count). The molecule has 0 unspecified atom stereocenters. The van der Waals surface area contributed by atoms with Gasteiger partial charge in [-0.3, -0.25) is 5.41 Å². The van der Waals surface area contributed by atoms with Crippen LogP contribution in [0.15, 0.2) is 146 Å². The molecule has 48 heavy (non-hydrogen) atoms. The van der Waals surface area contributed by atoms with Crippen molar-refractivity contribution in [3.8, 4) is 43.8 Å². The van der Waals surface area contributed by atoms with Gasteiger partial charge in [0.2, 0.25) is 0 Å². The molecule has 3 N–H and O–H groups in total. The van der Waals surface area contributed by atoms with Crippen LogP contribution in [0.4, 0.5) is 0 Å². The van der Waals surface area contributed by atoms with Gasteiger partial charge in [-0.15, -0.1) is 10.2 Å². The van der Waals surface area contributed by atoms with Crippen molar-refractivity contribution in [3.05, 3.63) is 157 Å². The third-order valence-corrected chi connectivity index (χ3v) is 9.97. The summed E-state index contributed by atoms with van der Waals surface area (Å²) in [6, 6.07) is 48.7. The van der Waals surface area contributed by atoms with Crippen LogP contribution in [0.3, 0.4) is 0 Å². The standard InChI is InChI=1S/C40H26N6S2/c41-37(47-38(42)35-22-8-20-33(43-35)31-18-6-12-25-10-1-3-16-29(25)31)27-14-5-15-28(24-27)39-45-46-40(48-39)36-23-9-21-34(44-36)32-19-7-13-26-11-2-4-17-30(26)32/h1-24,41-42H/p+1. The Balaban J connectivity index is 1.01. The number of nitrogens with two attached hydrogens (primary N) is 1. The number of pyridine rings is 2. The van der Waals surface area contributed by atoms with Crippen LogP contribution in [0.25, 0.3) is 65.3 Å². The Morgan fingerprint density at radius 1 is 0.562 bits per heavy atom. The summed E-state index contributed by atoms with van der Waals surface area (Å²) in [6.07, 6.45) is 0. The summed E-state index contributed by atoms with van der Waals surface area (Å²) in [5.74, 6) is 0. The second kappa shape index (κ2) is 12.8. The fraction of sp³-hybridized carbons (Fsp3) is 0. The van der Waals surface area contributed by atoms with E-state index in [1.807, 2.05) is 91.0 Å². The second-order valence-corrected chi connectivity index (χ2v) is 13.2. The molecule has 0 aliphatic carbocycles. The summed E-state index contributed by atoms with van der Waals surface area (Å²) in [7, 11) is 0. The van der Waals surface area contributed by atoms with Crippen molar-refractivity contribution < 1.29 is 5.41 Å². The Morgan fingerprint density at radius 3 is 1.85 bits per heavy atom. The van der Waals surface area contributed by atoms with Crippen LogP contribution in [0.5, 0.6) is 0 Å². The monoisotopic (exact) mass is 655 g/mol. The van der Waals surface area contributed by atoms with Crippen LogP contribution in [-0.4, -0.2) is 30.3 Å². The number of benzene rings is 5. The average Bonchev–Trinajstić information content (AvgIpc) is 3.65. The van der Waals surface area contributed by atoms with Crippen molar-refractivity contribution >= 4 is 54.7 Å². The van der Waals surface area contributed by atoms with Gasteiger partial charge in [-0.25, -0.2) is 15.4 Å². The molecule has 0 bridgehead atoms. The van der Waals surface area contributed by atoms with E-state index in [0.717, 1.165) is 65.5 Å². The fourth-order valence-corrected chi connectivity index (χ4v) is 7.27. The van der Waals surface area contributed by atoms with E-state index in [0.29, 0.717) is 15.8 Å². The zero-order chi connectivity index (χ0) is 32.5. The van der Waals surface area contributed by atoms with Crippen molar-refractivity contribution in [1.29, 1.82) is 5.41 Å². The molecule has 0 radical (unpaired) electrons. The predicted molar refractivity (Wildman–Crippen MR) is 199 cm³/mol. The molecule has 3 aromatic heterocycles. The third kappa shape index (κ3) is 5.79. The summed E-state index contributed by atoms with van der Waals surface area (Å²) in [5.41, 5.74) is 6.87. The summed E-state index contributed by atoms with van der Waals surface area (Å²) >= 11 is 2.67. The summed E-state index contributed by atoms with van der Waals surface area (Å²) in [4.78, 5) is 9.84. The molecule has 228 valence electrons. The maximum absolute atomic E-state index is 8.89. The van der Waals surface area contributed by atoms with E-state index in [1.165, 1.54) is 28.5 Å². The number of fused-ring (bicyclic) bond motifs is 2. The summed E-state index contributed by atoms with van der Waals surface area (Å²) in [6.45, 7) is 0. The number of hydrogen-bond acceptors (Lipinski definition) is 7. The Hall–Kier alpha value is -5.83. The lowest BCUT2D eigenvalue weighted by atomic mass is 10.0. The van der Waals surface area contributed by atoms with Gasteiger partial charge in [0.1, 0.15) is 21.4 Å². The molecular weight excluding hydrogens is 629 g/mol. The van der Waals surface area contributed by atoms with E-state index in [1.54, 1.807) is 0 Å². The van der Waals surface area contributed by atoms with Crippen LogP contribution in [0.1, 0.15) is 11.3 Å². The molecule has 0 saturated heterocycles. The number of thioether (sulfide) groups is 1. The molecule has 6 nitrogen and oxygen atoms in total. The van der Waals surface area contributed by atoms with E-state index in [-0.39, 0.29) is 0 Å². The molecule has 3 heterocycles. The number of nitrogens with one attached hydrogen (secondary N) is 1. The fourth-order valence-electron chi connectivity index (χ4n) is 5.78. The molecule has 0 amide bonds. The largest absolute Gasteiger partial charge is 0.293 e. The first kappa shape index (κ1) is 29.6. The number of nitrogens with zero attached hydrogens (tertiary/aromatic N) is 4. The zero-order valence-corrected chi connectivity index (χ0v) is 27.2. The normalized spacial score (nSPS) is 11.2. The first-order valence-corrected chi connectivity index (χ1v) is 17.0. The van der Waals surface area contributed by atoms with Crippen molar-refractivity contribution in [2.45, 2.75) is 0 Å². The molecule has 0 aliphatic heterocycles. The van der Waals surface area contributed by atoms with E-state index in [4.69, 9.17) is 20.8 Å². The van der Waals surface area contributed by atoms with Gasteiger partial charge >= 0.3 is 0 Å². The highest BCUT2D eigenvalue weighted by Gasteiger charge is 2.18. The maximum Gasteiger partial charge on any atom is 0.263 e. The van der Waals surface area contributed by atoms with Crippen LogP contribution in [-0.2, 0) is 0 Å². The quantitative estimate of drug-likeness (QED) is 0.138. The predicted octanol–water partition coefficient (Wildman–Crippen LogP) is 8.57. The average molecular weight is 656 g/mol. The lowest BCUT2D eigenvalue weighted by Crippen LogP contribution is -2.39. The Bertz CT molecular complexity index is 2490. The number of rotatable bonds is 6. The topological polar surface area (TPSA) is 101 Å². The second-order valence-electron chi connectivity index (χ2n) is 11.2. The van der Waals surface area contributed by atoms with Gasteiger partial charge in [0, 0.05) is 34.0 Å². The van der Waals surface area contributed by atoms with Crippen LogP contribution < -0.4 is 5.41 Å². The lowest BCUT2D eigenvalue weighted by Gasteiger charge is -2.08. The van der Waals surface area contributed by atoms with Gasteiger partial charge in [0.05, 0.1) is 11.4 Å². The zero-order valence-electron chi connectivity index (χ0n) is 25.5. The molecular formula is C40H27N6S2+. The Kier molecular flexibility index (Phi) is 7.86. The lowest BCUT2D eigenvalue weighted by molar-refractivity contribution is -0.107. The van der Waals surface area contributed by atoms with E-state index < -0.39 is 0 Å². The van der Waals surface area contributed by atoms with Crippen LogP contribution >= 0.6 is 23.1 Å². The first-order chi connectivity index (χ1) is 23.6. The third-order valence-electron chi connectivity index (χ3n) is 8.11. The van der Waals surface area contributed by atoms with Gasteiger partial charge < -0.3 is 0 Å². The van der Waals surface area contributed by atoms with Crippen LogP contribution in [0.2, 0.25) is 0 Å². The minimum Gasteiger partial charge on any atom is -0.293 e. The highest BCUT2D eigenvalue weighted by Crippen LogP contribution is 2.33. The maximum atomic E-state index is 8.89. The molecule has 0 saturated carbocycles. The van der Waals surface area contributed by atoms with Gasteiger partial charge in [0.25, 0.3) is 5.04 Å². The minimum atomic E-state index is 0.320. The van der Waals surface area contributed by atoms with E-state index in [2.05, 4.69) is 64.8 Å². The summed E-state index contributed by atoms with van der Waals surface area (Å²) in [5, 5.41) is 31.3.